The highest BCUT2D eigenvalue weighted by Gasteiger charge is 2.17. The van der Waals surface area contributed by atoms with E-state index in [1.54, 1.807) is 0 Å². The number of fused-ring (bicyclic) bond motifs is 1. The van der Waals surface area contributed by atoms with Crippen LogP contribution in [-0.4, -0.2) is 4.98 Å². The predicted molar refractivity (Wildman–Crippen MR) is 44.1 cm³/mol. The van der Waals surface area contributed by atoms with E-state index in [1.807, 2.05) is 0 Å². The monoisotopic (exact) mass is 166 g/mol. The first-order valence-electron chi connectivity index (χ1n) is 4.17. The first-order chi connectivity index (χ1) is 5.77. The lowest BCUT2D eigenvalue weighted by atomic mass is 9.92. The molecule has 0 spiro atoms. The lowest BCUT2D eigenvalue weighted by Crippen LogP contribution is -2.18. The molecule has 2 nitrogen and oxygen atoms in total. The van der Waals surface area contributed by atoms with Crippen molar-refractivity contribution in [3.8, 4) is 0 Å². The van der Waals surface area contributed by atoms with E-state index < -0.39 is 0 Å². The van der Waals surface area contributed by atoms with Crippen LogP contribution >= 0.6 is 0 Å². The van der Waals surface area contributed by atoms with Gasteiger partial charge in [0, 0.05) is 11.7 Å². The number of hydrogen-bond acceptors (Lipinski definition) is 2. The van der Waals surface area contributed by atoms with Crippen molar-refractivity contribution in [2.45, 2.75) is 25.3 Å². The van der Waals surface area contributed by atoms with Crippen molar-refractivity contribution >= 4 is 0 Å². The molecule has 2 rings (SSSR count). The SMILES string of the molecule is NC1CCCc2ncc(F)cc21. The lowest BCUT2D eigenvalue weighted by Gasteiger charge is -2.20. The molecule has 0 aliphatic heterocycles. The van der Waals surface area contributed by atoms with Crippen molar-refractivity contribution in [3.63, 3.8) is 0 Å². The van der Waals surface area contributed by atoms with Crippen LogP contribution in [0.25, 0.3) is 0 Å². The first kappa shape index (κ1) is 7.68. The molecule has 1 aliphatic carbocycles. The van der Waals surface area contributed by atoms with E-state index in [2.05, 4.69) is 4.98 Å². The largest absolute Gasteiger partial charge is 0.324 e. The molecule has 0 saturated carbocycles. The summed E-state index contributed by atoms with van der Waals surface area (Å²) in [4.78, 5) is 4.01. The number of hydrogen-bond donors (Lipinski definition) is 1. The van der Waals surface area contributed by atoms with Crippen LogP contribution in [0.2, 0.25) is 0 Å². The van der Waals surface area contributed by atoms with Gasteiger partial charge in [-0.1, -0.05) is 0 Å². The molecule has 0 fully saturated rings. The van der Waals surface area contributed by atoms with Crippen molar-refractivity contribution in [1.82, 2.24) is 4.98 Å². The van der Waals surface area contributed by atoms with Crippen LogP contribution in [0, 0.1) is 5.82 Å². The normalized spacial score (nSPS) is 22.0. The fourth-order valence-electron chi connectivity index (χ4n) is 1.66. The Hall–Kier alpha value is -0.960. The summed E-state index contributed by atoms with van der Waals surface area (Å²) < 4.78 is 12.7. The van der Waals surface area contributed by atoms with Crippen LogP contribution in [-0.2, 0) is 6.42 Å². The van der Waals surface area contributed by atoms with Crippen LogP contribution in [0.15, 0.2) is 12.3 Å². The molecule has 1 atom stereocenters. The van der Waals surface area contributed by atoms with Crippen molar-refractivity contribution < 1.29 is 4.39 Å². The zero-order chi connectivity index (χ0) is 8.55. The van der Waals surface area contributed by atoms with E-state index in [0.29, 0.717) is 0 Å². The Morgan fingerprint density at radius 1 is 1.58 bits per heavy atom. The van der Waals surface area contributed by atoms with Crippen LogP contribution in [0.3, 0.4) is 0 Å². The molecule has 3 heteroatoms. The van der Waals surface area contributed by atoms with Gasteiger partial charge in [-0.3, -0.25) is 4.98 Å². The van der Waals surface area contributed by atoms with Crippen LogP contribution in [0.5, 0.6) is 0 Å². The lowest BCUT2D eigenvalue weighted by molar-refractivity contribution is 0.543. The quantitative estimate of drug-likeness (QED) is 0.635. The number of aromatic nitrogens is 1. The molecule has 0 saturated heterocycles. The minimum Gasteiger partial charge on any atom is -0.324 e. The predicted octanol–water partition coefficient (Wildman–Crippen LogP) is 1.56. The molecule has 0 aromatic carbocycles. The number of pyridine rings is 1. The van der Waals surface area contributed by atoms with E-state index in [0.717, 1.165) is 30.5 Å². The molecule has 1 aromatic rings. The van der Waals surface area contributed by atoms with E-state index in [4.69, 9.17) is 5.73 Å². The van der Waals surface area contributed by atoms with E-state index in [9.17, 15) is 4.39 Å². The topological polar surface area (TPSA) is 38.9 Å². The second-order valence-electron chi connectivity index (χ2n) is 3.19. The highest BCUT2D eigenvalue weighted by atomic mass is 19.1. The zero-order valence-electron chi connectivity index (χ0n) is 6.76. The van der Waals surface area contributed by atoms with Crippen molar-refractivity contribution in [2.75, 3.05) is 0 Å². The van der Waals surface area contributed by atoms with Gasteiger partial charge in [0.15, 0.2) is 0 Å². The van der Waals surface area contributed by atoms with Gasteiger partial charge in [-0.15, -0.1) is 0 Å². The van der Waals surface area contributed by atoms with Gasteiger partial charge >= 0.3 is 0 Å². The number of nitrogens with zero attached hydrogens (tertiary/aromatic N) is 1. The third-order valence-corrected chi connectivity index (χ3v) is 2.30. The Balaban J connectivity index is 2.47. The zero-order valence-corrected chi connectivity index (χ0v) is 6.76. The summed E-state index contributed by atoms with van der Waals surface area (Å²) in [6.07, 6.45) is 4.20. The molecule has 1 aromatic heterocycles. The molecule has 64 valence electrons. The molecule has 1 unspecified atom stereocenters. The summed E-state index contributed by atoms with van der Waals surface area (Å²) in [6, 6.07) is 1.49. The fraction of sp³-hybridized carbons (Fsp3) is 0.444. The Labute approximate surface area is 70.6 Å². The van der Waals surface area contributed by atoms with Crippen LogP contribution < -0.4 is 5.73 Å². The van der Waals surface area contributed by atoms with Crippen molar-refractivity contribution in [1.29, 1.82) is 0 Å². The molecule has 0 amide bonds. The number of halogens is 1. The Kier molecular flexibility index (Phi) is 1.81. The summed E-state index contributed by atoms with van der Waals surface area (Å²) in [7, 11) is 0. The van der Waals surface area contributed by atoms with Gasteiger partial charge in [-0.25, -0.2) is 4.39 Å². The van der Waals surface area contributed by atoms with Crippen molar-refractivity contribution in [2.24, 2.45) is 5.73 Å². The third-order valence-electron chi connectivity index (χ3n) is 2.30. The average molecular weight is 166 g/mol. The maximum absolute atomic E-state index is 12.7. The molecular weight excluding hydrogens is 155 g/mol. The molecule has 0 bridgehead atoms. The van der Waals surface area contributed by atoms with Gasteiger partial charge in [0.2, 0.25) is 0 Å². The maximum atomic E-state index is 12.7. The van der Waals surface area contributed by atoms with Gasteiger partial charge < -0.3 is 5.73 Å². The fourth-order valence-corrected chi connectivity index (χ4v) is 1.66. The van der Waals surface area contributed by atoms with Crippen molar-refractivity contribution in [3.05, 3.63) is 29.3 Å². The van der Waals surface area contributed by atoms with E-state index >= 15 is 0 Å². The first-order valence-corrected chi connectivity index (χ1v) is 4.17. The number of aryl methyl sites for hydroxylation is 1. The molecule has 0 radical (unpaired) electrons. The maximum Gasteiger partial charge on any atom is 0.141 e. The minimum absolute atomic E-state index is 0.0167. The molecule has 1 heterocycles. The molecule has 1 aliphatic rings. The van der Waals surface area contributed by atoms with Crippen LogP contribution in [0.1, 0.15) is 30.1 Å². The summed E-state index contributed by atoms with van der Waals surface area (Å²) in [5.74, 6) is -0.286. The van der Waals surface area contributed by atoms with Gasteiger partial charge in [0.25, 0.3) is 0 Å². The van der Waals surface area contributed by atoms with Crippen LogP contribution in [0.4, 0.5) is 4.39 Å². The van der Waals surface area contributed by atoms with Gasteiger partial charge in [-0.2, -0.15) is 0 Å². The summed E-state index contributed by atoms with van der Waals surface area (Å²) in [6.45, 7) is 0. The summed E-state index contributed by atoms with van der Waals surface area (Å²) >= 11 is 0. The van der Waals surface area contributed by atoms with Gasteiger partial charge in [0.05, 0.1) is 6.20 Å². The van der Waals surface area contributed by atoms with Gasteiger partial charge in [-0.05, 0) is 30.9 Å². The average Bonchev–Trinajstić information content (AvgIpc) is 2.07. The number of nitrogens with two attached hydrogens (primary N) is 1. The molecule has 12 heavy (non-hydrogen) atoms. The van der Waals surface area contributed by atoms with Gasteiger partial charge in [0.1, 0.15) is 5.82 Å². The second kappa shape index (κ2) is 2.83. The molecule has 2 N–H and O–H groups in total. The molecular formula is C9H11FN2. The summed E-state index contributed by atoms with van der Waals surface area (Å²) in [5, 5.41) is 0. The van der Waals surface area contributed by atoms with E-state index in [-0.39, 0.29) is 11.9 Å². The highest BCUT2D eigenvalue weighted by Crippen LogP contribution is 2.26. The highest BCUT2D eigenvalue weighted by molar-refractivity contribution is 5.26. The Morgan fingerprint density at radius 3 is 3.25 bits per heavy atom. The second-order valence-corrected chi connectivity index (χ2v) is 3.19. The number of rotatable bonds is 0. The summed E-state index contributed by atoms with van der Waals surface area (Å²) in [5.41, 5.74) is 7.67. The third kappa shape index (κ3) is 1.20. The smallest absolute Gasteiger partial charge is 0.141 e. The Morgan fingerprint density at radius 2 is 2.42 bits per heavy atom. The van der Waals surface area contributed by atoms with E-state index in [1.165, 1.54) is 12.3 Å². The Bertz CT molecular complexity index is 299. The minimum atomic E-state index is -0.286. The standard InChI is InChI=1S/C9H11FN2/c10-6-4-7-8(11)2-1-3-9(7)12-5-6/h4-5,8H,1-3,11H2.